The van der Waals surface area contributed by atoms with Crippen molar-refractivity contribution in [2.24, 2.45) is 5.73 Å². The predicted molar refractivity (Wildman–Crippen MR) is 88.9 cm³/mol. The second-order valence-electron chi connectivity index (χ2n) is 5.39. The Hall–Kier alpha value is -1.24. The van der Waals surface area contributed by atoms with Crippen LogP contribution in [-0.4, -0.2) is 28.3 Å². The summed E-state index contributed by atoms with van der Waals surface area (Å²) >= 11 is 0. The molecule has 1 amide bonds. The second kappa shape index (κ2) is 9.80. The maximum Gasteiger partial charge on any atom is 0.469 e. The molecule has 1 aromatic carbocycles. The third-order valence-electron chi connectivity index (χ3n) is 3.27. The summed E-state index contributed by atoms with van der Waals surface area (Å²) in [5.74, 6) is -0.554. The highest BCUT2D eigenvalue weighted by atomic mass is 31.2. The molecule has 7 nitrogen and oxygen atoms in total. The molecule has 1 rings (SSSR count). The highest BCUT2D eigenvalue weighted by Crippen LogP contribution is 2.35. The number of nitrogens with two attached hydrogens (primary N) is 1. The van der Waals surface area contributed by atoms with Gasteiger partial charge < -0.3 is 20.8 Å². The van der Waals surface area contributed by atoms with E-state index in [9.17, 15) is 9.36 Å². The molecule has 1 atom stereocenters. The van der Waals surface area contributed by atoms with Crippen molar-refractivity contribution < 1.29 is 23.7 Å². The summed E-state index contributed by atoms with van der Waals surface area (Å²) in [4.78, 5) is 29.1. The number of anilines is 1. The van der Waals surface area contributed by atoms with Gasteiger partial charge in [-0.3, -0.25) is 9.32 Å². The largest absolute Gasteiger partial charge is 0.469 e. The molecule has 0 aliphatic heterocycles. The van der Waals surface area contributed by atoms with Crippen LogP contribution in [0.25, 0.3) is 0 Å². The molecule has 0 fully saturated rings. The fourth-order valence-corrected chi connectivity index (χ4v) is 2.40. The van der Waals surface area contributed by atoms with Crippen LogP contribution >= 0.6 is 7.82 Å². The van der Waals surface area contributed by atoms with Gasteiger partial charge in [0.15, 0.2) is 0 Å². The SMILES string of the molecule is CCCCCCc1cccc(NC(=O)[C@H](N)COP(=O)(O)O)c1. The number of nitrogens with one attached hydrogen (secondary N) is 1. The monoisotopic (exact) mass is 344 g/mol. The molecule has 130 valence electrons. The molecule has 23 heavy (non-hydrogen) atoms. The molecule has 0 saturated heterocycles. The van der Waals surface area contributed by atoms with Crippen molar-refractivity contribution in [2.45, 2.75) is 45.1 Å². The summed E-state index contributed by atoms with van der Waals surface area (Å²) in [6.45, 7) is 1.61. The van der Waals surface area contributed by atoms with E-state index in [0.29, 0.717) is 5.69 Å². The normalized spacial score (nSPS) is 12.9. The first-order chi connectivity index (χ1) is 10.8. The molecular formula is C15H25N2O5P. The summed E-state index contributed by atoms with van der Waals surface area (Å²) in [6.07, 6.45) is 5.62. The molecule has 5 N–H and O–H groups in total. The number of rotatable bonds is 10. The Morgan fingerprint density at radius 3 is 2.74 bits per heavy atom. The van der Waals surface area contributed by atoms with E-state index in [-0.39, 0.29) is 0 Å². The lowest BCUT2D eigenvalue weighted by Crippen LogP contribution is -2.39. The number of unbranched alkanes of at least 4 members (excludes halogenated alkanes) is 3. The van der Waals surface area contributed by atoms with Crippen molar-refractivity contribution in [2.75, 3.05) is 11.9 Å². The first-order valence-electron chi connectivity index (χ1n) is 7.67. The van der Waals surface area contributed by atoms with Gasteiger partial charge in [-0.1, -0.05) is 38.3 Å². The summed E-state index contributed by atoms with van der Waals surface area (Å²) in [6, 6.07) is 6.31. The minimum Gasteiger partial charge on any atom is -0.325 e. The number of carbonyl (C=O) groups excluding carboxylic acids is 1. The Kier molecular flexibility index (Phi) is 8.44. The number of hydrogen-bond acceptors (Lipinski definition) is 4. The van der Waals surface area contributed by atoms with Gasteiger partial charge in [-0.2, -0.15) is 0 Å². The Labute approximate surface area is 136 Å². The van der Waals surface area contributed by atoms with E-state index in [0.717, 1.165) is 18.4 Å². The Bertz CT molecular complexity index is 546. The standard InChI is InChI=1S/C15H25N2O5P/c1-2-3-4-5-7-12-8-6-9-13(10-12)17-15(18)14(16)11-22-23(19,20)21/h6,8-10,14H,2-5,7,11,16H2,1H3,(H,17,18)(H2,19,20,21)/t14-/m1/s1. The molecule has 0 aliphatic carbocycles. The fourth-order valence-electron chi connectivity index (χ4n) is 2.05. The summed E-state index contributed by atoms with van der Waals surface area (Å²) in [5, 5.41) is 2.62. The maximum atomic E-state index is 11.9. The molecule has 0 aromatic heterocycles. The van der Waals surface area contributed by atoms with E-state index >= 15 is 0 Å². The minimum atomic E-state index is -4.63. The molecule has 0 heterocycles. The lowest BCUT2D eigenvalue weighted by molar-refractivity contribution is -0.118. The quantitative estimate of drug-likeness (QED) is 0.381. The van der Waals surface area contributed by atoms with Crippen molar-refractivity contribution in [1.82, 2.24) is 0 Å². The Morgan fingerprint density at radius 1 is 1.35 bits per heavy atom. The van der Waals surface area contributed by atoms with Gasteiger partial charge in [0.05, 0.1) is 6.61 Å². The fraction of sp³-hybridized carbons (Fsp3) is 0.533. The first-order valence-corrected chi connectivity index (χ1v) is 9.20. The molecule has 0 radical (unpaired) electrons. The lowest BCUT2D eigenvalue weighted by atomic mass is 10.1. The van der Waals surface area contributed by atoms with Crippen LogP contribution in [0.15, 0.2) is 24.3 Å². The van der Waals surface area contributed by atoms with Crippen LogP contribution in [-0.2, 0) is 20.3 Å². The van der Waals surface area contributed by atoms with E-state index in [2.05, 4.69) is 16.8 Å². The molecule has 0 unspecified atom stereocenters. The highest BCUT2D eigenvalue weighted by Gasteiger charge is 2.20. The van der Waals surface area contributed by atoms with Crippen molar-refractivity contribution in [3.8, 4) is 0 Å². The van der Waals surface area contributed by atoms with Gasteiger partial charge in [0, 0.05) is 5.69 Å². The van der Waals surface area contributed by atoms with Crippen molar-refractivity contribution in [1.29, 1.82) is 0 Å². The maximum absolute atomic E-state index is 11.9. The van der Waals surface area contributed by atoms with Gasteiger partial charge in [-0.25, -0.2) is 4.57 Å². The van der Waals surface area contributed by atoms with Crippen LogP contribution in [0.4, 0.5) is 5.69 Å². The van der Waals surface area contributed by atoms with Gasteiger partial charge in [0.25, 0.3) is 0 Å². The third kappa shape index (κ3) is 8.83. The summed E-state index contributed by atoms with van der Waals surface area (Å²) in [5.41, 5.74) is 7.27. The second-order valence-corrected chi connectivity index (χ2v) is 6.63. The molecule has 0 saturated carbocycles. The molecule has 1 aromatic rings. The van der Waals surface area contributed by atoms with Gasteiger partial charge in [0.2, 0.25) is 5.91 Å². The van der Waals surface area contributed by atoms with Crippen LogP contribution < -0.4 is 11.1 Å². The average molecular weight is 344 g/mol. The smallest absolute Gasteiger partial charge is 0.325 e. The van der Waals surface area contributed by atoms with Crippen molar-refractivity contribution >= 4 is 19.4 Å². The van der Waals surface area contributed by atoms with E-state index in [1.165, 1.54) is 19.3 Å². The zero-order valence-corrected chi connectivity index (χ0v) is 14.2. The molecule has 8 heteroatoms. The van der Waals surface area contributed by atoms with Crippen LogP contribution in [0.5, 0.6) is 0 Å². The molecular weight excluding hydrogens is 319 g/mol. The number of benzene rings is 1. The van der Waals surface area contributed by atoms with Crippen molar-refractivity contribution in [3.05, 3.63) is 29.8 Å². The van der Waals surface area contributed by atoms with Crippen LogP contribution in [0.3, 0.4) is 0 Å². The first kappa shape index (κ1) is 19.8. The molecule has 0 aliphatic rings. The lowest BCUT2D eigenvalue weighted by Gasteiger charge is -2.13. The van der Waals surface area contributed by atoms with E-state index < -0.39 is 26.4 Å². The zero-order chi connectivity index (χ0) is 17.3. The third-order valence-corrected chi connectivity index (χ3v) is 3.76. The number of amides is 1. The van der Waals surface area contributed by atoms with E-state index in [1.807, 2.05) is 18.2 Å². The van der Waals surface area contributed by atoms with Gasteiger partial charge in [0.1, 0.15) is 6.04 Å². The zero-order valence-electron chi connectivity index (χ0n) is 13.3. The Morgan fingerprint density at radius 2 is 2.09 bits per heavy atom. The predicted octanol–water partition coefficient (Wildman–Crippen LogP) is 2.18. The number of aryl methyl sites for hydroxylation is 1. The topological polar surface area (TPSA) is 122 Å². The number of phosphoric ester groups is 1. The van der Waals surface area contributed by atoms with E-state index in [1.54, 1.807) is 6.07 Å². The van der Waals surface area contributed by atoms with Crippen LogP contribution in [0.2, 0.25) is 0 Å². The van der Waals surface area contributed by atoms with Gasteiger partial charge in [-0.05, 0) is 30.5 Å². The number of phosphoric acid groups is 1. The highest BCUT2D eigenvalue weighted by molar-refractivity contribution is 7.46. The van der Waals surface area contributed by atoms with Gasteiger partial charge in [-0.15, -0.1) is 0 Å². The van der Waals surface area contributed by atoms with Gasteiger partial charge >= 0.3 is 7.82 Å². The van der Waals surface area contributed by atoms with Crippen LogP contribution in [0.1, 0.15) is 38.2 Å². The summed E-state index contributed by atoms with van der Waals surface area (Å²) in [7, 11) is -4.63. The molecule has 0 spiro atoms. The molecule has 0 bridgehead atoms. The number of hydrogen-bond donors (Lipinski definition) is 4. The summed E-state index contributed by atoms with van der Waals surface area (Å²) < 4.78 is 14.8. The minimum absolute atomic E-state index is 0.549. The Balaban J connectivity index is 2.49. The average Bonchev–Trinajstić information content (AvgIpc) is 2.49. The van der Waals surface area contributed by atoms with E-state index in [4.69, 9.17) is 15.5 Å². The number of carbonyl (C=O) groups is 1. The van der Waals surface area contributed by atoms with Crippen LogP contribution in [0, 0.1) is 0 Å². The van der Waals surface area contributed by atoms with Crippen molar-refractivity contribution in [3.63, 3.8) is 0 Å².